The third kappa shape index (κ3) is 3.79. The van der Waals surface area contributed by atoms with Gasteiger partial charge in [0.15, 0.2) is 11.5 Å². The summed E-state index contributed by atoms with van der Waals surface area (Å²) in [5, 5.41) is 4.17. The van der Waals surface area contributed by atoms with Crippen LogP contribution in [-0.2, 0) is 4.74 Å². The number of benzene rings is 2. The Morgan fingerprint density at radius 3 is 2.56 bits per heavy atom. The Kier molecular flexibility index (Phi) is 5.45. The molecule has 1 heterocycles. The summed E-state index contributed by atoms with van der Waals surface area (Å²) >= 11 is 0. The molecule has 6 nitrogen and oxygen atoms in total. The maximum absolute atomic E-state index is 12.5. The largest absolute Gasteiger partial charge is 0.493 e. The standard InChI is InChI=1S/C21H22N2O4/c1-5-27-21(24)16-12-22-17-8-6-13(2)10-15(17)20(16)23-14-7-9-18(25-3)19(11-14)26-4/h6-12H,5H2,1-4H3,(H,22,23). The molecule has 0 atom stereocenters. The van der Waals surface area contributed by atoms with Gasteiger partial charge < -0.3 is 19.5 Å². The predicted octanol–water partition coefficient (Wildman–Crippen LogP) is 4.48. The van der Waals surface area contributed by atoms with Crippen molar-refractivity contribution in [2.75, 3.05) is 26.1 Å². The summed E-state index contributed by atoms with van der Waals surface area (Å²) in [7, 11) is 3.17. The molecule has 0 saturated heterocycles. The van der Waals surface area contributed by atoms with E-state index in [0.717, 1.165) is 22.2 Å². The van der Waals surface area contributed by atoms with Gasteiger partial charge in [-0.25, -0.2) is 4.79 Å². The number of methoxy groups -OCH3 is 2. The summed E-state index contributed by atoms with van der Waals surface area (Å²) in [6.07, 6.45) is 1.54. The number of ether oxygens (including phenoxy) is 3. The first kappa shape index (κ1) is 18.5. The fourth-order valence-corrected chi connectivity index (χ4v) is 2.86. The van der Waals surface area contributed by atoms with Crippen molar-refractivity contribution in [2.45, 2.75) is 13.8 Å². The van der Waals surface area contributed by atoms with Gasteiger partial charge in [-0.15, -0.1) is 0 Å². The highest BCUT2D eigenvalue weighted by Gasteiger charge is 2.17. The lowest BCUT2D eigenvalue weighted by atomic mass is 10.1. The van der Waals surface area contributed by atoms with E-state index >= 15 is 0 Å². The number of carbonyl (C=O) groups is 1. The van der Waals surface area contributed by atoms with Crippen LogP contribution in [0.4, 0.5) is 11.4 Å². The average molecular weight is 366 g/mol. The molecular formula is C21H22N2O4. The number of rotatable bonds is 6. The van der Waals surface area contributed by atoms with Gasteiger partial charge in [-0.05, 0) is 38.1 Å². The minimum atomic E-state index is -0.420. The van der Waals surface area contributed by atoms with Crippen LogP contribution in [0.3, 0.4) is 0 Å². The van der Waals surface area contributed by atoms with Crippen LogP contribution in [0.25, 0.3) is 10.9 Å². The first-order valence-corrected chi connectivity index (χ1v) is 8.63. The monoisotopic (exact) mass is 366 g/mol. The molecule has 0 fully saturated rings. The highest BCUT2D eigenvalue weighted by Crippen LogP contribution is 2.34. The molecule has 27 heavy (non-hydrogen) atoms. The first-order chi connectivity index (χ1) is 13.1. The van der Waals surface area contributed by atoms with Crippen LogP contribution in [0.2, 0.25) is 0 Å². The van der Waals surface area contributed by atoms with E-state index in [1.165, 1.54) is 0 Å². The van der Waals surface area contributed by atoms with Gasteiger partial charge in [-0.1, -0.05) is 11.6 Å². The predicted molar refractivity (Wildman–Crippen MR) is 105 cm³/mol. The Morgan fingerprint density at radius 2 is 1.85 bits per heavy atom. The molecule has 0 spiro atoms. The number of esters is 1. The topological polar surface area (TPSA) is 69.7 Å². The Labute approximate surface area is 158 Å². The number of hydrogen-bond acceptors (Lipinski definition) is 6. The highest BCUT2D eigenvalue weighted by molar-refractivity contribution is 6.06. The molecule has 0 bridgehead atoms. The summed E-state index contributed by atoms with van der Waals surface area (Å²) in [5.41, 5.74) is 3.64. The van der Waals surface area contributed by atoms with E-state index in [2.05, 4.69) is 10.3 Å². The minimum absolute atomic E-state index is 0.292. The maximum atomic E-state index is 12.5. The van der Waals surface area contributed by atoms with Gasteiger partial charge in [0.25, 0.3) is 0 Å². The fourth-order valence-electron chi connectivity index (χ4n) is 2.86. The number of pyridine rings is 1. The SMILES string of the molecule is CCOC(=O)c1cnc2ccc(C)cc2c1Nc1ccc(OC)c(OC)c1. The van der Waals surface area contributed by atoms with Crippen LogP contribution in [0.1, 0.15) is 22.8 Å². The number of anilines is 2. The smallest absolute Gasteiger partial charge is 0.341 e. The minimum Gasteiger partial charge on any atom is -0.493 e. The maximum Gasteiger partial charge on any atom is 0.341 e. The normalized spacial score (nSPS) is 10.5. The van der Waals surface area contributed by atoms with E-state index in [1.54, 1.807) is 33.4 Å². The Hall–Kier alpha value is -3.28. The number of nitrogens with one attached hydrogen (secondary N) is 1. The van der Waals surface area contributed by atoms with E-state index in [0.29, 0.717) is 29.4 Å². The molecule has 2 aromatic carbocycles. The number of carbonyl (C=O) groups excluding carboxylic acids is 1. The van der Waals surface area contributed by atoms with Crippen LogP contribution in [-0.4, -0.2) is 31.8 Å². The number of aromatic nitrogens is 1. The van der Waals surface area contributed by atoms with Gasteiger partial charge in [0, 0.05) is 23.3 Å². The van der Waals surface area contributed by atoms with Crippen LogP contribution >= 0.6 is 0 Å². The van der Waals surface area contributed by atoms with Crippen LogP contribution in [0.5, 0.6) is 11.5 Å². The summed E-state index contributed by atoms with van der Waals surface area (Å²) in [5.74, 6) is 0.801. The van der Waals surface area contributed by atoms with Crippen molar-refractivity contribution in [3.8, 4) is 11.5 Å². The quantitative estimate of drug-likeness (QED) is 0.649. The molecule has 0 unspecified atom stereocenters. The van der Waals surface area contributed by atoms with Crippen LogP contribution in [0.15, 0.2) is 42.6 Å². The molecule has 1 aromatic heterocycles. The Balaban J connectivity index is 2.14. The van der Waals surface area contributed by atoms with Gasteiger partial charge >= 0.3 is 5.97 Å². The molecule has 0 radical (unpaired) electrons. The number of hydrogen-bond donors (Lipinski definition) is 1. The first-order valence-electron chi connectivity index (χ1n) is 8.63. The molecule has 0 aliphatic heterocycles. The van der Waals surface area contributed by atoms with E-state index in [4.69, 9.17) is 14.2 Å². The van der Waals surface area contributed by atoms with Crippen LogP contribution in [0, 0.1) is 6.92 Å². The summed E-state index contributed by atoms with van der Waals surface area (Å²) < 4.78 is 15.9. The van der Waals surface area contributed by atoms with Crippen molar-refractivity contribution < 1.29 is 19.0 Å². The zero-order chi connectivity index (χ0) is 19.4. The van der Waals surface area contributed by atoms with Crippen LogP contribution < -0.4 is 14.8 Å². The Morgan fingerprint density at radius 1 is 1.07 bits per heavy atom. The highest BCUT2D eigenvalue weighted by atomic mass is 16.5. The molecule has 0 aliphatic rings. The molecule has 3 rings (SSSR count). The summed E-state index contributed by atoms with van der Waals surface area (Å²) in [4.78, 5) is 16.9. The van der Waals surface area contributed by atoms with Crippen molar-refractivity contribution in [3.63, 3.8) is 0 Å². The molecular weight excluding hydrogens is 344 g/mol. The third-order valence-corrected chi connectivity index (χ3v) is 4.17. The number of nitrogens with zero attached hydrogens (tertiary/aromatic N) is 1. The van der Waals surface area contributed by atoms with Crippen molar-refractivity contribution in [1.29, 1.82) is 0 Å². The molecule has 140 valence electrons. The third-order valence-electron chi connectivity index (χ3n) is 4.17. The van der Waals surface area contributed by atoms with Crippen molar-refractivity contribution in [2.24, 2.45) is 0 Å². The lowest BCUT2D eigenvalue weighted by molar-refractivity contribution is 0.0527. The summed E-state index contributed by atoms with van der Waals surface area (Å²) in [6, 6.07) is 11.4. The zero-order valence-corrected chi connectivity index (χ0v) is 15.8. The lowest BCUT2D eigenvalue weighted by Gasteiger charge is -2.16. The van der Waals surface area contributed by atoms with E-state index in [-0.39, 0.29) is 0 Å². The number of aryl methyl sites for hydroxylation is 1. The van der Waals surface area contributed by atoms with E-state index < -0.39 is 5.97 Å². The second kappa shape index (κ2) is 7.95. The van der Waals surface area contributed by atoms with Gasteiger partial charge in [0.1, 0.15) is 5.56 Å². The van der Waals surface area contributed by atoms with E-state index in [1.807, 2.05) is 37.3 Å². The molecule has 0 aliphatic carbocycles. The Bertz CT molecular complexity index is 985. The van der Waals surface area contributed by atoms with Gasteiger partial charge in [0.2, 0.25) is 0 Å². The molecule has 3 aromatic rings. The average Bonchev–Trinajstić information content (AvgIpc) is 2.68. The van der Waals surface area contributed by atoms with Gasteiger partial charge in [0.05, 0.1) is 32.0 Å². The summed E-state index contributed by atoms with van der Waals surface area (Å²) in [6.45, 7) is 4.06. The lowest BCUT2D eigenvalue weighted by Crippen LogP contribution is -2.09. The molecule has 0 amide bonds. The molecule has 1 N–H and O–H groups in total. The fraction of sp³-hybridized carbons (Fsp3) is 0.238. The zero-order valence-electron chi connectivity index (χ0n) is 15.8. The van der Waals surface area contributed by atoms with Crippen molar-refractivity contribution >= 4 is 28.2 Å². The molecule has 6 heteroatoms. The second-order valence-electron chi connectivity index (χ2n) is 5.98. The molecule has 0 saturated carbocycles. The van der Waals surface area contributed by atoms with Crippen molar-refractivity contribution in [3.05, 3.63) is 53.7 Å². The van der Waals surface area contributed by atoms with Gasteiger partial charge in [-0.2, -0.15) is 0 Å². The second-order valence-corrected chi connectivity index (χ2v) is 5.98. The number of fused-ring (bicyclic) bond motifs is 1. The van der Waals surface area contributed by atoms with Gasteiger partial charge in [-0.3, -0.25) is 4.98 Å². The van der Waals surface area contributed by atoms with Crippen molar-refractivity contribution in [1.82, 2.24) is 4.98 Å². The van der Waals surface area contributed by atoms with E-state index in [9.17, 15) is 4.79 Å².